The zero-order chi connectivity index (χ0) is 15.5. The predicted octanol–water partition coefficient (Wildman–Crippen LogP) is 3.63. The van der Waals surface area contributed by atoms with E-state index in [-0.39, 0.29) is 17.9 Å². The molecule has 21 heavy (non-hydrogen) atoms. The second-order valence-corrected chi connectivity index (χ2v) is 7.08. The standard InChI is InChI=1S/C18H27NO2/c1-18(2,3)21-16(20)12-14-10-7-11-15(17(14)19)13-8-5-4-6-9-13/h4-6,8-9,14-15,17H,7,10-12,19H2,1-3H3/t14-,15+,17+/m1/s1. The Morgan fingerprint density at radius 1 is 1.24 bits per heavy atom. The molecule has 3 heteroatoms. The molecule has 3 atom stereocenters. The Hall–Kier alpha value is -1.35. The van der Waals surface area contributed by atoms with Gasteiger partial charge in [0, 0.05) is 12.5 Å². The minimum Gasteiger partial charge on any atom is -0.460 e. The first-order chi connectivity index (χ1) is 9.87. The Bertz CT molecular complexity index is 464. The van der Waals surface area contributed by atoms with Crippen LogP contribution in [0.2, 0.25) is 0 Å². The number of ether oxygens (including phenoxy) is 1. The van der Waals surface area contributed by atoms with Crippen LogP contribution in [0.5, 0.6) is 0 Å². The lowest BCUT2D eigenvalue weighted by Crippen LogP contribution is -2.41. The van der Waals surface area contributed by atoms with E-state index in [2.05, 4.69) is 24.3 Å². The van der Waals surface area contributed by atoms with Crippen LogP contribution in [-0.2, 0) is 9.53 Å². The number of esters is 1. The third-order valence-corrected chi connectivity index (χ3v) is 4.18. The molecule has 1 aliphatic rings. The molecule has 0 radical (unpaired) electrons. The maximum absolute atomic E-state index is 12.0. The molecular weight excluding hydrogens is 262 g/mol. The normalized spacial score (nSPS) is 26.4. The molecule has 2 N–H and O–H groups in total. The van der Waals surface area contributed by atoms with Gasteiger partial charge in [-0.3, -0.25) is 4.79 Å². The molecule has 0 bridgehead atoms. The second-order valence-electron chi connectivity index (χ2n) is 7.08. The first-order valence-corrected chi connectivity index (χ1v) is 7.89. The largest absolute Gasteiger partial charge is 0.460 e. The van der Waals surface area contributed by atoms with E-state index < -0.39 is 5.60 Å². The lowest BCUT2D eigenvalue weighted by atomic mass is 9.73. The monoisotopic (exact) mass is 289 g/mol. The van der Waals surface area contributed by atoms with Crippen LogP contribution in [0.25, 0.3) is 0 Å². The molecule has 0 amide bonds. The zero-order valence-corrected chi connectivity index (χ0v) is 13.3. The number of carbonyl (C=O) groups is 1. The molecule has 2 rings (SSSR count). The van der Waals surface area contributed by atoms with E-state index in [9.17, 15) is 4.79 Å². The van der Waals surface area contributed by atoms with E-state index in [0.29, 0.717) is 12.3 Å². The average Bonchev–Trinajstić information content (AvgIpc) is 2.40. The van der Waals surface area contributed by atoms with Crippen molar-refractivity contribution < 1.29 is 9.53 Å². The van der Waals surface area contributed by atoms with Crippen LogP contribution < -0.4 is 5.73 Å². The fourth-order valence-corrected chi connectivity index (χ4v) is 3.24. The van der Waals surface area contributed by atoms with Crippen molar-refractivity contribution in [3.8, 4) is 0 Å². The lowest BCUT2D eigenvalue weighted by molar-refractivity contribution is -0.156. The van der Waals surface area contributed by atoms with E-state index in [4.69, 9.17) is 10.5 Å². The van der Waals surface area contributed by atoms with Crippen molar-refractivity contribution in [3.63, 3.8) is 0 Å². The summed E-state index contributed by atoms with van der Waals surface area (Å²) >= 11 is 0. The van der Waals surface area contributed by atoms with Gasteiger partial charge >= 0.3 is 5.97 Å². The van der Waals surface area contributed by atoms with Crippen LogP contribution in [0.3, 0.4) is 0 Å². The number of carbonyl (C=O) groups excluding carboxylic acids is 1. The van der Waals surface area contributed by atoms with E-state index in [1.165, 1.54) is 5.56 Å². The van der Waals surface area contributed by atoms with Crippen molar-refractivity contribution >= 4 is 5.97 Å². The van der Waals surface area contributed by atoms with E-state index in [1.807, 2.05) is 26.8 Å². The summed E-state index contributed by atoms with van der Waals surface area (Å²) in [6.07, 6.45) is 3.68. The van der Waals surface area contributed by atoms with Crippen LogP contribution in [0.15, 0.2) is 30.3 Å². The van der Waals surface area contributed by atoms with Crippen molar-refractivity contribution in [3.05, 3.63) is 35.9 Å². The van der Waals surface area contributed by atoms with Gasteiger partial charge in [0.1, 0.15) is 5.60 Å². The van der Waals surface area contributed by atoms with Gasteiger partial charge < -0.3 is 10.5 Å². The molecule has 0 aliphatic heterocycles. The second kappa shape index (κ2) is 6.61. The summed E-state index contributed by atoms with van der Waals surface area (Å²) in [5.41, 5.74) is 7.33. The summed E-state index contributed by atoms with van der Waals surface area (Å²) < 4.78 is 5.44. The van der Waals surface area contributed by atoms with E-state index >= 15 is 0 Å². The summed E-state index contributed by atoms with van der Waals surface area (Å²) in [5, 5.41) is 0. The Kier molecular flexibility index (Phi) is 5.04. The first kappa shape index (κ1) is 16.0. The van der Waals surface area contributed by atoms with Crippen molar-refractivity contribution in [2.75, 3.05) is 0 Å². The third kappa shape index (κ3) is 4.57. The zero-order valence-electron chi connectivity index (χ0n) is 13.3. The molecule has 1 aliphatic carbocycles. The molecule has 116 valence electrons. The summed E-state index contributed by atoms with van der Waals surface area (Å²) in [6.45, 7) is 5.70. The minimum atomic E-state index is -0.422. The smallest absolute Gasteiger partial charge is 0.306 e. The van der Waals surface area contributed by atoms with Crippen LogP contribution in [-0.4, -0.2) is 17.6 Å². The number of nitrogens with two attached hydrogens (primary N) is 1. The molecule has 0 unspecified atom stereocenters. The summed E-state index contributed by atoms with van der Waals surface area (Å²) in [6, 6.07) is 10.4. The van der Waals surface area contributed by atoms with Crippen molar-refractivity contribution in [2.24, 2.45) is 11.7 Å². The van der Waals surface area contributed by atoms with Crippen molar-refractivity contribution in [1.82, 2.24) is 0 Å². The molecule has 1 saturated carbocycles. The molecule has 1 fully saturated rings. The van der Waals surface area contributed by atoms with Crippen LogP contribution >= 0.6 is 0 Å². The molecule has 1 aromatic rings. The van der Waals surface area contributed by atoms with Gasteiger partial charge in [-0.1, -0.05) is 36.8 Å². The van der Waals surface area contributed by atoms with Crippen LogP contribution in [0.1, 0.15) is 57.9 Å². The predicted molar refractivity (Wildman–Crippen MR) is 85.0 cm³/mol. The van der Waals surface area contributed by atoms with E-state index in [1.54, 1.807) is 0 Å². The summed E-state index contributed by atoms with van der Waals surface area (Å²) in [5.74, 6) is 0.447. The van der Waals surface area contributed by atoms with Crippen molar-refractivity contribution in [2.45, 2.75) is 64.0 Å². The van der Waals surface area contributed by atoms with Gasteiger partial charge in [-0.15, -0.1) is 0 Å². The Morgan fingerprint density at radius 2 is 1.90 bits per heavy atom. The van der Waals surface area contributed by atoms with Gasteiger partial charge in [-0.25, -0.2) is 0 Å². The fourth-order valence-electron chi connectivity index (χ4n) is 3.24. The maximum Gasteiger partial charge on any atom is 0.306 e. The maximum atomic E-state index is 12.0. The van der Waals surface area contributed by atoms with Gasteiger partial charge in [-0.05, 0) is 51.0 Å². The highest BCUT2D eigenvalue weighted by atomic mass is 16.6. The number of benzene rings is 1. The van der Waals surface area contributed by atoms with E-state index in [0.717, 1.165) is 19.3 Å². The SMILES string of the molecule is CC(C)(C)OC(=O)C[C@H]1CCC[C@@H](c2ccccc2)[C@H]1N. The number of hydrogen-bond acceptors (Lipinski definition) is 3. The fraction of sp³-hybridized carbons (Fsp3) is 0.611. The highest BCUT2D eigenvalue weighted by molar-refractivity contribution is 5.70. The summed E-state index contributed by atoms with van der Waals surface area (Å²) in [7, 11) is 0. The molecule has 0 saturated heterocycles. The lowest BCUT2D eigenvalue weighted by Gasteiger charge is -2.36. The topological polar surface area (TPSA) is 52.3 Å². The highest BCUT2D eigenvalue weighted by Gasteiger charge is 2.33. The summed E-state index contributed by atoms with van der Waals surface area (Å²) in [4.78, 5) is 12.0. The minimum absolute atomic E-state index is 0.0358. The first-order valence-electron chi connectivity index (χ1n) is 7.89. The van der Waals surface area contributed by atoms with Gasteiger partial charge in [0.25, 0.3) is 0 Å². The van der Waals surface area contributed by atoms with Gasteiger partial charge in [0.05, 0.1) is 0 Å². The van der Waals surface area contributed by atoms with Crippen LogP contribution in [0, 0.1) is 5.92 Å². The van der Waals surface area contributed by atoms with Gasteiger partial charge in [0.15, 0.2) is 0 Å². The molecule has 1 aromatic carbocycles. The quantitative estimate of drug-likeness (QED) is 0.864. The molecule has 0 aromatic heterocycles. The number of hydrogen-bond donors (Lipinski definition) is 1. The molecule has 0 spiro atoms. The Balaban J connectivity index is 2.00. The molecule has 3 nitrogen and oxygen atoms in total. The van der Waals surface area contributed by atoms with Gasteiger partial charge in [-0.2, -0.15) is 0 Å². The Labute approximate surface area is 127 Å². The third-order valence-electron chi connectivity index (χ3n) is 4.18. The Morgan fingerprint density at radius 3 is 2.52 bits per heavy atom. The number of rotatable bonds is 3. The molecular formula is C18H27NO2. The van der Waals surface area contributed by atoms with Crippen molar-refractivity contribution in [1.29, 1.82) is 0 Å². The average molecular weight is 289 g/mol. The molecule has 0 heterocycles. The van der Waals surface area contributed by atoms with Crippen LogP contribution in [0.4, 0.5) is 0 Å². The van der Waals surface area contributed by atoms with Gasteiger partial charge in [0.2, 0.25) is 0 Å². The highest BCUT2D eigenvalue weighted by Crippen LogP contribution is 2.37.